The average Bonchev–Trinajstić information content (AvgIpc) is 3.30. The van der Waals surface area contributed by atoms with Crippen molar-refractivity contribution in [3.05, 3.63) is 22.8 Å². The molecule has 0 N–H and O–H groups in total. The highest BCUT2D eigenvalue weighted by atomic mass is 35.5. The quantitative estimate of drug-likeness (QED) is 0.526. The molecule has 8 heteroatoms. The van der Waals surface area contributed by atoms with Gasteiger partial charge < -0.3 is 19.4 Å². The Labute approximate surface area is 203 Å². The molecular formula is C25H39ClN4O3. The third-order valence-corrected chi connectivity index (χ3v) is 7.50. The molecule has 2 fully saturated rings. The van der Waals surface area contributed by atoms with Crippen molar-refractivity contribution in [3.63, 3.8) is 0 Å². The van der Waals surface area contributed by atoms with Gasteiger partial charge >= 0.3 is 0 Å². The molecule has 3 heterocycles. The van der Waals surface area contributed by atoms with Crippen molar-refractivity contribution in [3.8, 4) is 0 Å². The number of nitrogens with zero attached hydrogens (tertiary/aromatic N) is 4. The average molecular weight is 479 g/mol. The number of likely N-dealkylation sites (N-methyl/N-ethyl adjacent to an activating group) is 1. The Kier molecular flexibility index (Phi) is 8.62. The molecule has 1 unspecified atom stereocenters. The van der Waals surface area contributed by atoms with Crippen LogP contribution in [0.3, 0.4) is 0 Å². The van der Waals surface area contributed by atoms with Crippen molar-refractivity contribution < 1.29 is 14.3 Å². The number of rotatable bonds is 8. The van der Waals surface area contributed by atoms with Gasteiger partial charge in [0.05, 0.1) is 5.56 Å². The third-order valence-electron chi connectivity index (χ3n) is 7.21. The van der Waals surface area contributed by atoms with Gasteiger partial charge in [0.1, 0.15) is 16.6 Å². The maximum Gasteiger partial charge on any atom is 0.256 e. The third kappa shape index (κ3) is 5.80. The minimum absolute atomic E-state index is 0.139. The number of aromatic nitrogens is 1. The second-order valence-corrected chi connectivity index (χ2v) is 10.4. The molecule has 2 amide bonds. The summed E-state index contributed by atoms with van der Waals surface area (Å²) in [5, 5.41) is 0.256. The molecule has 1 aromatic rings. The smallest absolute Gasteiger partial charge is 0.256 e. The molecule has 0 saturated carbocycles. The lowest BCUT2D eigenvalue weighted by atomic mass is 9.86. The van der Waals surface area contributed by atoms with Crippen LogP contribution in [0.4, 0.5) is 5.82 Å². The number of pyridine rings is 1. The predicted molar refractivity (Wildman–Crippen MR) is 132 cm³/mol. The van der Waals surface area contributed by atoms with Gasteiger partial charge in [0, 0.05) is 47.4 Å². The zero-order valence-corrected chi connectivity index (χ0v) is 21.5. The number of carbonyl (C=O) groups is 2. The molecular weight excluding hydrogens is 440 g/mol. The molecule has 1 atom stereocenters. The van der Waals surface area contributed by atoms with Crippen LogP contribution < -0.4 is 4.90 Å². The highest BCUT2D eigenvalue weighted by Gasteiger charge is 2.46. The van der Waals surface area contributed by atoms with E-state index in [1.807, 2.05) is 18.0 Å². The molecule has 184 valence electrons. The fraction of sp³-hybridized carbons (Fsp3) is 0.720. The molecule has 33 heavy (non-hydrogen) atoms. The van der Waals surface area contributed by atoms with E-state index >= 15 is 0 Å². The largest absolute Gasteiger partial charge is 0.365 e. The maximum atomic E-state index is 13.1. The number of piperidine rings is 1. The van der Waals surface area contributed by atoms with Crippen LogP contribution in [0.25, 0.3) is 0 Å². The first-order chi connectivity index (χ1) is 15.7. The lowest BCUT2D eigenvalue weighted by Crippen LogP contribution is -2.51. The summed E-state index contributed by atoms with van der Waals surface area (Å²) in [5.41, 5.74) is -0.192. The van der Waals surface area contributed by atoms with Crippen LogP contribution in [-0.4, -0.2) is 79.6 Å². The summed E-state index contributed by atoms with van der Waals surface area (Å²) in [6.45, 7) is 7.48. The Morgan fingerprint density at radius 3 is 2.48 bits per heavy atom. The lowest BCUT2D eigenvalue weighted by Gasteiger charge is -2.35. The Morgan fingerprint density at radius 1 is 1.24 bits per heavy atom. The van der Waals surface area contributed by atoms with Gasteiger partial charge in [-0.3, -0.25) is 9.59 Å². The maximum absolute atomic E-state index is 13.1. The van der Waals surface area contributed by atoms with Gasteiger partial charge in [-0.25, -0.2) is 4.98 Å². The number of carbonyl (C=O) groups excluding carboxylic acids is 2. The summed E-state index contributed by atoms with van der Waals surface area (Å²) in [6.07, 6.45) is 6.10. The van der Waals surface area contributed by atoms with E-state index in [0.717, 1.165) is 64.0 Å². The van der Waals surface area contributed by atoms with Crippen LogP contribution >= 0.6 is 11.6 Å². The monoisotopic (exact) mass is 478 g/mol. The van der Waals surface area contributed by atoms with Crippen LogP contribution in [-0.2, 0) is 9.53 Å². The van der Waals surface area contributed by atoms with Crippen molar-refractivity contribution >= 4 is 29.2 Å². The number of halogens is 1. The summed E-state index contributed by atoms with van der Waals surface area (Å²) in [5.74, 6) is 1.67. The van der Waals surface area contributed by atoms with Crippen LogP contribution in [0.2, 0.25) is 5.15 Å². The lowest BCUT2D eigenvalue weighted by molar-refractivity contribution is -0.156. The molecule has 2 saturated heterocycles. The number of anilines is 1. The molecule has 7 nitrogen and oxygen atoms in total. The summed E-state index contributed by atoms with van der Waals surface area (Å²) < 4.78 is 5.94. The van der Waals surface area contributed by atoms with E-state index in [9.17, 15) is 9.59 Å². The molecule has 0 bridgehead atoms. The van der Waals surface area contributed by atoms with E-state index in [1.54, 1.807) is 20.2 Å². The molecule has 0 radical (unpaired) electrons. The van der Waals surface area contributed by atoms with Gasteiger partial charge in [0.2, 0.25) is 0 Å². The number of hydrogen-bond acceptors (Lipinski definition) is 5. The standard InChI is InChI=1S/C25H39ClN4O3/c1-18(2)25(13-7-17-33-25)24(32)29(5)14-6-8-19-11-15-30(16-12-19)21-10-9-20(22(26)27-21)23(31)28(3)4/h9-10,18-19H,6-8,11-17H2,1-5H3. The van der Waals surface area contributed by atoms with E-state index in [2.05, 4.69) is 23.7 Å². The first-order valence-electron chi connectivity index (χ1n) is 12.2. The normalized spacial score (nSPS) is 21.5. The Balaban J connectivity index is 1.45. The Hall–Kier alpha value is -1.86. The van der Waals surface area contributed by atoms with Crippen molar-refractivity contribution in [2.75, 3.05) is 52.3 Å². The highest BCUT2D eigenvalue weighted by molar-refractivity contribution is 6.32. The first kappa shape index (κ1) is 25.8. The minimum Gasteiger partial charge on any atom is -0.365 e. The molecule has 1 aromatic heterocycles. The van der Waals surface area contributed by atoms with E-state index in [4.69, 9.17) is 16.3 Å². The number of hydrogen-bond donors (Lipinski definition) is 0. The van der Waals surface area contributed by atoms with E-state index < -0.39 is 5.60 Å². The van der Waals surface area contributed by atoms with Gasteiger partial charge in [0.25, 0.3) is 11.8 Å². The summed E-state index contributed by atoms with van der Waals surface area (Å²) in [4.78, 5) is 35.3. The van der Waals surface area contributed by atoms with Crippen LogP contribution in [0.1, 0.15) is 62.7 Å². The molecule has 2 aliphatic heterocycles. The molecule has 0 aliphatic carbocycles. The molecule has 2 aliphatic rings. The fourth-order valence-corrected chi connectivity index (χ4v) is 5.26. The van der Waals surface area contributed by atoms with E-state index in [0.29, 0.717) is 18.1 Å². The van der Waals surface area contributed by atoms with Crippen LogP contribution in [0.5, 0.6) is 0 Å². The zero-order valence-electron chi connectivity index (χ0n) is 20.8. The highest BCUT2D eigenvalue weighted by Crippen LogP contribution is 2.35. The second kappa shape index (κ2) is 11.0. The van der Waals surface area contributed by atoms with Gasteiger partial charge in [-0.1, -0.05) is 25.4 Å². The number of ether oxygens (including phenoxy) is 1. The van der Waals surface area contributed by atoms with Crippen molar-refractivity contribution in [1.82, 2.24) is 14.8 Å². The van der Waals surface area contributed by atoms with Crippen LogP contribution in [0, 0.1) is 11.8 Å². The minimum atomic E-state index is -0.624. The molecule has 0 spiro atoms. The Bertz CT molecular complexity index is 831. The Morgan fingerprint density at radius 2 is 1.94 bits per heavy atom. The van der Waals surface area contributed by atoms with E-state index in [1.165, 1.54) is 4.90 Å². The van der Waals surface area contributed by atoms with Crippen LogP contribution in [0.15, 0.2) is 12.1 Å². The van der Waals surface area contributed by atoms with Crippen molar-refractivity contribution in [1.29, 1.82) is 0 Å². The van der Waals surface area contributed by atoms with Gasteiger partial charge in [-0.05, 0) is 62.5 Å². The van der Waals surface area contributed by atoms with Gasteiger partial charge in [0.15, 0.2) is 0 Å². The van der Waals surface area contributed by atoms with Crippen molar-refractivity contribution in [2.45, 2.75) is 58.0 Å². The first-order valence-corrected chi connectivity index (χ1v) is 12.6. The number of amides is 2. The predicted octanol–water partition coefficient (Wildman–Crippen LogP) is 4.10. The molecule has 0 aromatic carbocycles. The topological polar surface area (TPSA) is 66.0 Å². The van der Waals surface area contributed by atoms with Crippen molar-refractivity contribution in [2.24, 2.45) is 11.8 Å². The summed E-state index contributed by atoms with van der Waals surface area (Å²) >= 11 is 6.29. The SMILES string of the molecule is CC(C)C1(C(=O)N(C)CCCC2CCN(c3ccc(C(=O)N(C)C)c(Cl)n3)CC2)CCCO1. The van der Waals surface area contributed by atoms with Gasteiger partial charge in [-0.15, -0.1) is 0 Å². The zero-order chi connectivity index (χ0) is 24.2. The molecule has 3 rings (SSSR count). The van der Waals surface area contributed by atoms with E-state index in [-0.39, 0.29) is 22.9 Å². The van der Waals surface area contributed by atoms with Gasteiger partial charge in [-0.2, -0.15) is 0 Å². The fourth-order valence-electron chi connectivity index (χ4n) is 5.03. The summed E-state index contributed by atoms with van der Waals surface area (Å²) in [6, 6.07) is 3.66. The second-order valence-electron chi connectivity index (χ2n) is 10.0. The summed E-state index contributed by atoms with van der Waals surface area (Å²) in [7, 11) is 5.32.